The van der Waals surface area contributed by atoms with Gasteiger partial charge in [0.15, 0.2) is 5.60 Å². The first-order chi connectivity index (χ1) is 14.9. The van der Waals surface area contributed by atoms with Crippen molar-refractivity contribution >= 4 is 17.5 Å². The van der Waals surface area contributed by atoms with Crippen LogP contribution in [0.15, 0.2) is 35.9 Å². The van der Waals surface area contributed by atoms with Gasteiger partial charge in [0.2, 0.25) is 0 Å². The van der Waals surface area contributed by atoms with Gasteiger partial charge in [-0.25, -0.2) is 8.78 Å². The summed E-state index contributed by atoms with van der Waals surface area (Å²) >= 11 is 0. The molecule has 0 aromatic carbocycles. The van der Waals surface area contributed by atoms with Crippen molar-refractivity contribution in [3.05, 3.63) is 47.5 Å². The Balaban J connectivity index is 1.40. The molecule has 0 saturated carbocycles. The second-order valence-electron chi connectivity index (χ2n) is 7.77. The number of pyridine rings is 1. The summed E-state index contributed by atoms with van der Waals surface area (Å²) in [6.07, 6.45) is 3.21. The van der Waals surface area contributed by atoms with Gasteiger partial charge in [-0.15, -0.1) is 0 Å². The average molecular weight is 432 g/mol. The Morgan fingerprint density at radius 1 is 1.39 bits per heavy atom. The van der Waals surface area contributed by atoms with Crippen molar-refractivity contribution in [1.82, 2.24) is 25.0 Å². The Morgan fingerprint density at radius 2 is 2.23 bits per heavy atom. The van der Waals surface area contributed by atoms with E-state index in [2.05, 4.69) is 20.6 Å². The summed E-state index contributed by atoms with van der Waals surface area (Å²) in [7, 11) is 1.49. The minimum absolute atomic E-state index is 0.122. The zero-order valence-electron chi connectivity index (χ0n) is 16.9. The van der Waals surface area contributed by atoms with Crippen molar-refractivity contribution in [2.45, 2.75) is 37.8 Å². The molecule has 2 aliphatic heterocycles. The molecule has 4 rings (SSSR count). The van der Waals surface area contributed by atoms with E-state index in [1.54, 1.807) is 18.5 Å². The van der Waals surface area contributed by atoms with Crippen LogP contribution in [0.5, 0.6) is 0 Å². The van der Waals surface area contributed by atoms with Crippen LogP contribution in [0.2, 0.25) is 0 Å². The third-order valence-electron chi connectivity index (χ3n) is 5.40. The fourth-order valence-corrected chi connectivity index (χ4v) is 3.92. The van der Waals surface area contributed by atoms with Gasteiger partial charge >= 0.3 is 0 Å². The van der Waals surface area contributed by atoms with Crippen LogP contribution in [0, 0.1) is 0 Å². The Labute approximate surface area is 177 Å². The van der Waals surface area contributed by atoms with E-state index in [0.717, 1.165) is 5.56 Å². The molecule has 4 heterocycles. The van der Waals surface area contributed by atoms with Crippen molar-refractivity contribution in [2.24, 2.45) is 12.2 Å². The van der Waals surface area contributed by atoms with Gasteiger partial charge < -0.3 is 15.1 Å². The molecule has 1 spiro atoms. The van der Waals surface area contributed by atoms with E-state index in [0.29, 0.717) is 25.9 Å². The SMILES string of the molecule is Cn1cc(C(=O)N2CCC[C@@]3(CC(C(=O)NCc4cccnc4)=NO3)C2)c(C(F)F)n1. The predicted molar refractivity (Wildman–Crippen MR) is 105 cm³/mol. The summed E-state index contributed by atoms with van der Waals surface area (Å²) in [4.78, 5) is 36.5. The number of carbonyl (C=O) groups excluding carboxylic acids is 2. The fourth-order valence-electron chi connectivity index (χ4n) is 3.92. The summed E-state index contributed by atoms with van der Waals surface area (Å²) in [5.74, 6) is -0.878. The number of carbonyl (C=O) groups is 2. The Bertz CT molecular complexity index is 1010. The lowest BCUT2D eigenvalue weighted by molar-refractivity contribution is -0.115. The predicted octanol–water partition coefficient (Wildman–Crippen LogP) is 1.82. The first-order valence-corrected chi connectivity index (χ1v) is 9.90. The normalized spacial score (nSPS) is 20.6. The Kier molecular flexibility index (Phi) is 5.66. The van der Waals surface area contributed by atoms with E-state index in [1.807, 2.05) is 6.07 Å². The van der Waals surface area contributed by atoms with Crippen molar-refractivity contribution < 1.29 is 23.2 Å². The second kappa shape index (κ2) is 8.40. The van der Waals surface area contributed by atoms with Gasteiger partial charge in [-0.2, -0.15) is 5.10 Å². The lowest BCUT2D eigenvalue weighted by atomic mass is 9.87. The number of hydrogen-bond donors (Lipinski definition) is 1. The summed E-state index contributed by atoms with van der Waals surface area (Å²) in [6.45, 7) is 0.872. The topological polar surface area (TPSA) is 102 Å². The maximum absolute atomic E-state index is 13.3. The number of aryl methyl sites for hydroxylation is 1. The quantitative estimate of drug-likeness (QED) is 0.777. The van der Waals surface area contributed by atoms with Gasteiger partial charge in [0.05, 0.1) is 12.1 Å². The average Bonchev–Trinajstić information content (AvgIpc) is 3.36. The van der Waals surface area contributed by atoms with Crippen molar-refractivity contribution in [1.29, 1.82) is 0 Å². The Hall–Kier alpha value is -3.37. The van der Waals surface area contributed by atoms with Crippen LogP contribution >= 0.6 is 0 Å². The van der Waals surface area contributed by atoms with Crippen molar-refractivity contribution in [3.63, 3.8) is 0 Å². The number of amides is 2. The number of alkyl halides is 2. The molecule has 0 radical (unpaired) electrons. The van der Waals surface area contributed by atoms with E-state index in [1.165, 1.54) is 22.8 Å². The highest BCUT2D eigenvalue weighted by molar-refractivity contribution is 6.39. The maximum Gasteiger partial charge on any atom is 0.282 e. The van der Waals surface area contributed by atoms with Gasteiger partial charge in [0.1, 0.15) is 11.4 Å². The van der Waals surface area contributed by atoms with E-state index < -0.39 is 23.6 Å². The fraction of sp³-hybridized carbons (Fsp3) is 0.450. The number of rotatable bonds is 5. The monoisotopic (exact) mass is 432 g/mol. The summed E-state index contributed by atoms with van der Waals surface area (Å²) < 4.78 is 27.7. The molecule has 1 fully saturated rings. The molecule has 2 aliphatic rings. The largest absolute Gasteiger partial charge is 0.386 e. The molecule has 164 valence electrons. The third-order valence-corrected chi connectivity index (χ3v) is 5.40. The van der Waals surface area contributed by atoms with Crippen LogP contribution < -0.4 is 5.32 Å². The summed E-state index contributed by atoms with van der Waals surface area (Å²) in [5.41, 5.74) is -0.394. The van der Waals surface area contributed by atoms with Crippen LogP contribution in [-0.2, 0) is 23.2 Å². The number of oxime groups is 1. The molecular formula is C20H22F2N6O3. The molecule has 0 unspecified atom stereocenters. The number of aromatic nitrogens is 3. The number of piperidine rings is 1. The van der Waals surface area contributed by atoms with Crippen LogP contribution in [0.4, 0.5) is 8.78 Å². The molecule has 31 heavy (non-hydrogen) atoms. The number of nitrogens with one attached hydrogen (secondary N) is 1. The van der Waals surface area contributed by atoms with E-state index >= 15 is 0 Å². The van der Waals surface area contributed by atoms with Gasteiger partial charge in [-0.05, 0) is 24.5 Å². The highest BCUT2D eigenvalue weighted by Crippen LogP contribution is 2.34. The molecule has 1 N–H and O–H groups in total. The zero-order valence-corrected chi connectivity index (χ0v) is 16.9. The van der Waals surface area contributed by atoms with Crippen LogP contribution in [0.1, 0.15) is 47.3 Å². The molecule has 9 nitrogen and oxygen atoms in total. The molecule has 2 amide bonds. The smallest absolute Gasteiger partial charge is 0.282 e. The molecule has 2 aromatic rings. The minimum atomic E-state index is -2.85. The standard InChI is InChI=1S/C20H22F2N6O3/c1-27-11-14(16(25-27)17(21)22)19(30)28-7-3-5-20(12-28)8-15(26-31-20)18(29)24-10-13-4-2-6-23-9-13/h2,4,6,9,11,17H,3,5,7-8,10,12H2,1H3,(H,24,29)/t20-/m1/s1. The minimum Gasteiger partial charge on any atom is -0.386 e. The number of halogens is 2. The van der Waals surface area contributed by atoms with Crippen LogP contribution in [0.25, 0.3) is 0 Å². The first-order valence-electron chi connectivity index (χ1n) is 9.90. The Morgan fingerprint density at radius 3 is 2.97 bits per heavy atom. The van der Waals surface area contributed by atoms with Crippen molar-refractivity contribution in [2.75, 3.05) is 13.1 Å². The number of hydrogen-bond acceptors (Lipinski definition) is 6. The highest BCUT2D eigenvalue weighted by Gasteiger charge is 2.46. The molecular weight excluding hydrogens is 410 g/mol. The number of nitrogens with zero attached hydrogens (tertiary/aromatic N) is 5. The van der Waals surface area contributed by atoms with Gasteiger partial charge in [0.25, 0.3) is 18.2 Å². The number of likely N-dealkylation sites (tertiary alicyclic amines) is 1. The second-order valence-corrected chi connectivity index (χ2v) is 7.77. The molecule has 11 heteroatoms. The summed E-state index contributed by atoms with van der Waals surface area (Å²) in [5, 5.41) is 10.4. The van der Waals surface area contributed by atoms with E-state index in [9.17, 15) is 18.4 Å². The van der Waals surface area contributed by atoms with Crippen LogP contribution in [-0.4, -0.2) is 55.9 Å². The lowest BCUT2D eigenvalue weighted by Crippen LogP contribution is -2.51. The van der Waals surface area contributed by atoms with Gasteiger partial charge in [-0.1, -0.05) is 11.2 Å². The summed E-state index contributed by atoms with van der Waals surface area (Å²) in [6, 6.07) is 3.63. The molecule has 0 bridgehead atoms. The molecule has 1 atom stereocenters. The molecule has 1 saturated heterocycles. The van der Waals surface area contributed by atoms with Crippen molar-refractivity contribution in [3.8, 4) is 0 Å². The molecule has 0 aliphatic carbocycles. The first kappa shape index (κ1) is 20.9. The molecule has 2 aromatic heterocycles. The lowest BCUT2D eigenvalue weighted by Gasteiger charge is -2.38. The zero-order chi connectivity index (χ0) is 22.0. The van der Waals surface area contributed by atoms with E-state index in [-0.39, 0.29) is 30.1 Å². The van der Waals surface area contributed by atoms with Gasteiger partial charge in [0, 0.05) is 45.1 Å². The highest BCUT2D eigenvalue weighted by atomic mass is 19.3. The van der Waals surface area contributed by atoms with Gasteiger partial charge in [-0.3, -0.25) is 19.3 Å². The maximum atomic E-state index is 13.3. The third kappa shape index (κ3) is 4.39. The van der Waals surface area contributed by atoms with E-state index in [4.69, 9.17) is 4.84 Å². The van der Waals surface area contributed by atoms with Crippen LogP contribution in [0.3, 0.4) is 0 Å².